The molecule has 0 fully saturated rings. The summed E-state index contributed by atoms with van der Waals surface area (Å²) in [6, 6.07) is 5.77. The van der Waals surface area contributed by atoms with Crippen LogP contribution in [0.15, 0.2) is 18.2 Å². The summed E-state index contributed by atoms with van der Waals surface area (Å²) in [5.74, 6) is 1.51. The maximum absolute atomic E-state index is 10.8. The molecule has 1 aliphatic heterocycles. The number of fused-ring (bicyclic) bond motifs is 1. The van der Waals surface area contributed by atoms with Crippen LogP contribution in [0.2, 0.25) is 0 Å². The van der Waals surface area contributed by atoms with E-state index in [1.54, 1.807) is 0 Å². The van der Waals surface area contributed by atoms with Crippen molar-refractivity contribution in [1.29, 1.82) is 0 Å². The van der Waals surface area contributed by atoms with Crippen LogP contribution in [0.25, 0.3) is 11.3 Å². The van der Waals surface area contributed by atoms with Gasteiger partial charge in [-0.2, -0.15) is 0 Å². The van der Waals surface area contributed by atoms with Gasteiger partial charge in [-0.3, -0.25) is 4.79 Å². The summed E-state index contributed by atoms with van der Waals surface area (Å²) < 4.78 is 11.3. The van der Waals surface area contributed by atoms with Gasteiger partial charge in [-0.05, 0) is 25.1 Å². The molecule has 5 heteroatoms. The topological polar surface area (TPSA) is 48.4 Å². The van der Waals surface area contributed by atoms with Gasteiger partial charge in [0.25, 0.3) is 0 Å². The second-order valence-corrected chi connectivity index (χ2v) is 5.52. The third-order valence-corrected chi connectivity index (χ3v) is 3.83. The van der Waals surface area contributed by atoms with Crippen molar-refractivity contribution in [2.24, 2.45) is 0 Å². The largest absolute Gasteiger partial charge is 0.490 e. The number of carbonyl (C=O) groups excluding carboxylic acids is 1. The Hall–Kier alpha value is -1.88. The maximum atomic E-state index is 10.8. The van der Waals surface area contributed by atoms with Crippen LogP contribution in [0.4, 0.5) is 0 Å². The molecule has 0 saturated carbocycles. The molecular formula is C14H13NO3S. The number of ether oxygens (including phenoxy) is 2. The molecule has 0 unspecified atom stereocenters. The minimum absolute atomic E-state index is 0.500. The van der Waals surface area contributed by atoms with Crippen LogP contribution in [0.5, 0.6) is 11.5 Å². The average Bonchev–Trinajstić information content (AvgIpc) is 2.66. The minimum Gasteiger partial charge on any atom is -0.490 e. The van der Waals surface area contributed by atoms with Crippen LogP contribution in [0.1, 0.15) is 21.1 Å². The van der Waals surface area contributed by atoms with Crippen molar-refractivity contribution < 1.29 is 14.3 Å². The van der Waals surface area contributed by atoms with Crippen LogP contribution >= 0.6 is 11.3 Å². The van der Waals surface area contributed by atoms with Gasteiger partial charge < -0.3 is 9.47 Å². The monoisotopic (exact) mass is 275 g/mol. The highest BCUT2D eigenvalue weighted by Crippen LogP contribution is 2.35. The Bertz CT molecular complexity index is 621. The molecule has 4 nitrogen and oxygen atoms in total. The lowest BCUT2D eigenvalue weighted by Gasteiger charge is -2.08. The Kier molecular flexibility index (Phi) is 3.21. The Morgan fingerprint density at radius 3 is 2.79 bits per heavy atom. The number of carbonyl (C=O) groups is 1. The molecule has 1 aromatic carbocycles. The van der Waals surface area contributed by atoms with Gasteiger partial charge in [-0.1, -0.05) is 0 Å². The third-order valence-electron chi connectivity index (χ3n) is 2.93. The molecule has 0 amide bonds. The smallest absolute Gasteiger partial charge is 0.178 e. The molecule has 0 bridgehead atoms. The predicted molar refractivity (Wildman–Crippen MR) is 73.3 cm³/mol. The number of aromatic nitrogens is 1. The number of rotatable bonds is 2. The Labute approximate surface area is 115 Å². The van der Waals surface area contributed by atoms with Gasteiger partial charge in [0.2, 0.25) is 0 Å². The van der Waals surface area contributed by atoms with Crippen LogP contribution in [-0.2, 0) is 0 Å². The summed E-state index contributed by atoms with van der Waals surface area (Å²) in [5.41, 5.74) is 1.79. The summed E-state index contributed by atoms with van der Waals surface area (Å²) >= 11 is 1.40. The Morgan fingerprint density at radius 1 is 1.26 bits per heavy atom. The molecule has 0 saturated heterocycles. The van der Waals surface area contributed by atoms with Crippen molar-refractivity contribution in [3.63, 3.8) is 0 Å². The van der Waals surface area contributed by atoms with Gasteiger partial charge in [0.15, 0.2) is 22.8 Å². The lowest BCUT2D eigenvalue weighted by Crippen LogP contribution is -1.97. The first-order valence-electron chi connectivity index (χ1n) is 6.10. The van der Waals surface area contributed by atoms with Gasteiger partial charge in [0.05, 0.1) is 18.9 Å². The molecule has 1 aromatic heterocycles. The van der Waals surface area contributed by atoms with Gasteiger partial charge in [-0.15, -0.1) is 11.3 Å². The molecule has 3 rings (SSSR count). The van der Waals surface area contributed by atoms with E-state index in [-0.39, 0.29) is 0 Å². The first-order valence-corrected chi connectivity index (χ1v) is 6.92. The number of thiazole rings is 1. The molecule has 0 radical (unpaired) electrons. The third kappa shape index (κ3) is 2.33. The highest BCUT2D eigenvalue weighted by atomic mass is 32.1. The van der Waals surface area contributed by atoms with Crippen LogP contribution in [0, 0.1) is 6.92 Å². The molecule has 2 aromatic rings. The second kappa shape index (κ2) is 5.01. The minimum atomic E-state index is 0.500. The number of benzene rings is 1. The predicted octanol–water partition coefficient (Wildman–Crippen LogP) is 3.09. The number of hydrogen-bond donors (Lipinski definition) is 0. The first kappa shape index (κ1) is 12.2. The molecule has 2 heterocycles. The fourth-order valence-electron chi connectivity index (χ4n) is 2.05. The van der Waals surface area contributed by atoms with Crippen molar-refractivity contribution in [1.82, 2.24) is 4.98 Å². The van der Waals surface area contributed by atoms with Crippen molar-refractivity contribution in [2.45, 2.75) is 13.3 Å². The normalized spacial score (nSPS) is 13.9. The van der Waals surface area contributed by atoms with Gasteiger partial charge in [0.1, 0.15) is 0 Å². The zero-order valence-electron chi connectivity index (χ0n) is 10.5. The molecule has 19 heavy (non-hydrogen) atoms. The second-order valence-electron chi connectivity index (χ2n) is 4.29. The molecule has 0 atom stereocenters. The fourth-order valence-corrected chi connectivity index (χ4v) is 2.80. The lowest BCUT2D eigenvalue weighted by atomic mass is 10.1. The van der Waals surface area contributed by atoms with Crippen LogP contribution < -0.4 is 9.47 Å². The summed E-state index contributed by atoms with van der Waals surface area (Å²) in [5, 5.41) is 0.500. The van der Waals surface area contributed by atoms with Crippen LogP contribution in [-0.4, -0.2) is 24.5 Å². The number of aldehydes is 1. The van der Waals surface area contributed by atoms with Gasteiger partial charge in [-0.25, -0.2) is 4.98 Å². The number of aryl methyl sites for hydroxylation is 1. The lowest BCUT2D eigenvalue weighted by molar-refractivity contribution is 0.112. The van der Waals surface area contributed by atoms with E-state index in [1.807, 2.05) is 25.1 Å². The van der Waals surface area contributed by atoms with E-state index in [9.17, 15) is 4.79 Å². The van der Waals surface area contributed by atoms with E-state index in [4.69, 9.17) is 9.47 Å². The summed E-state index contributed by atoms with van der Waals surface area (Å²) in [4.78, 5) is 16.1. The number of nitrogens with zero attached hydrogens (tertiary/aromatic N) is 1. The maximum Gasteiger partial charge on any atom is 0.178 e. The standard InChI is InChI=1S/C14H13NO3S/c1-9-14(15-13(8-16)19-9)10-3-4-11-12(7-10)18-6-2-5-17-11/h3-4,7-8H,2,5-6H2,1H3. The Balaban J connectivity index is 2.03. The van der Waals surface area contributed by atoms with E-state index in [1.165, 1.54) is 11.3 Å². The van der Waals surface area contributed by atoms with Crippen molar-refractivity contribution in [3.8, 4) is 22.8 Å². The highest BCUT2D eigenvalue weighted by Gasteiger charge is 2.14. The highest BCUT2D eigenvalue weighted by molar-refractivity contribution is 7.13. The van der Waals surface area contributed by atoms with E-state index in [0.717, 1.165) is 40.3 Å². The molecule has 0 spiro atoms. The Morgan fingerprint density at radius 2 is 2.05 bits per heavy atom. The zero-order chi connectivity index (χ0) is 13.2. The van der Waals surface area contributed by atoms with Gasteiger partial charge in [0, 0.05) is 16.9 Å². The summed E-state index contributed by atoms with van der Waals surface area (Å²) in [7, 11) is 0. The summed E-state index contributed by atoms with van der Waals surface area (Å²) in [6.07, 6.45) is 1.67. The number of hydrogen-bond acceptors (Lipinski definition) is 5. The molecular weight excluding hydrogens is 262 g/mol. The van der Waals surface area contributed by atoms with Gasteiger partial charge >= 0.3 is 0 Å². The molecule has 1 aliphatic rings. The van der Waals surface area contributed by atoms with E-state index < -0.39 is 0 Å². The van der Waals surface area contributed by atoms with Crippen molar-refractivity contribution >= 4 is 17.6 Å². The molecule has 0 N–H and O–H groups in total. The van der Waals surface area contributed by atoms with E-state index in [2.05, 4.69) is 4.98 Å². The van der Waals surface area contributed by atoms with Crippen molar-refractivity contribution in [2.75, 3.05) is 13.2 Å². The average molecular weight is 275 g/mol. The zero-order valence-corrected chi connectivity index (χ0v) is 11.3. The van der Waals surface area contributed by atoms with E-state index in [0.29, 0.717) is 18.2 Å². The summed E-state index contributed by atoms with van der Waals surface area (Å²) in [6.45, 7) is 3.30. The quantitative estimate of drug-likeness (QED) is 0.790. The SMILES string of the molecule is Cc1sc(C=O)nc1-c1ccc2c(c1)OCCCO2. The van der Waals surface area contributed by atoms with E-state index >= 15 is 0 Å². The molecule has 0 aliphatic carbocycles. The van der Waals surface area contributed by atoms with Crippen LogP contribution in [0.3, 0.4) is 0 Å². The fraction of sp³-hybridized carbons (Fsp3) is 0.286. The van der Waals surface area contributed by atoms with Crippen molar-refractivity contribution in [3.05, 3.63) is 28.1 Å². The molecule has 98 valence electrons. The first-order chi connectivity index (χ1) is 9.28.